The molecule has 2 atom stereocenters. The lowest BCUT2D eigenvalue weighted by molar-refractivity contribution is -0.284. The van der Waals surface area contributed by atoms with E-state index in [1.165, 1.54) is 4.90 Å². The van der Waals surface area contributed by atoms with E-state index in [1.54, 1.807) is 19.2 Å². The molecule has 2 fully saturated rings. The van der Waals surface area contributed by atoms with Gasteiger partial charge in [-0.2, -0.15) is 0 Å². The van der Waals surface area contributed by atoms with Crippen molar-refractivity contribution in [2.75, 3.05) is 40.0 Å². The summed E-state index contributed by atoms with van der Waals surface area (Å²) in [6, 6.07) is 16.0. The molecule has 0 bridgehead atoms. The fourth-order valence-electron chi connectivity index (χ4n) is 5.02. The molecule has 0 radical (unpaired) electrons. The van der Waals surface area contributed by atoms with Crippen molar-refractivity contribution in [1.82, 2.24) is 9.80 Å². The molecule has 2 aromatic rings. The summed E-state index contributed by atoms with van der Waals surface area (Å²) >= 11 is 0. The number of esters is 2. The van der Waals surface area contributed by atoms with Gasteiger partial charge in [0.1, 0.15) is 5.75 Å². The molecule has 5 rings (SSSR count). The van der Waals surface area contributed by atoms with Crippen LogP contribution in [-0.2, 0) is 35.0 Å². The zero-order chi connectivity index (χ0) is 26.5. The Morgan fingerprint density at radius 2 is 1.61 bits per heavy atom. The quantitative estimate of drug-likeness (QED) is 0.484. The van der Waals surface area contributed by atoms with Gasteiger partial charge in [0.25, 0.3) is 0 Å². The van der Waals surface area contributed by atoms with Gasteiger partial charge in [0.05, 0.1) is 26.4 Å². The van der Waals surface area contributed by atoms with E-state index in [1.807, 2.05) is 42.5 Å². The van der Waals surface area contributed by atoms with Crippen molar-refractivity contribution in [3.05, 3.63) is 77.9 Å². The molecule has 2 saturated heterocycles. The van der Waals surface area contributed by atoms with Gasteiger partial charge in [-0.3, -0.25) is 4.90 Å². The van der Waals surface area contributed by atoms with Gasteiger partial charge in [0.2, 0.25) is 6.10 Å². The molecular formula is C28H30N2O8. The lowest BCUT2D eigenvalue weighted by Crippen LogP contribution is -2.58. The Bertz CT molecular complexity index is 1160. The molecule has 2 unspecified atom stereocenters. The van der Waals surface area contributed by atoms with E-state index in [0.717, 1.165) is 36.4 Å². The van der Waals surface area contributed by atoms with Crippen molar-refractivity contribution in [3.8, 4) is 5.75 Å². The Morgan fingerprint density at radius 1 is 0.947 bits per heavy atom. The van der Waals surface area contributed by atoms with E-state index < -0.39 is 36.1 Å². The first-order valence-corrected chi connectivity index (χ1v) is 12.6. The van der Waals surface area contributed by atoms with Crippen molar-refractivity contribution < 1.29 is 38.1 Å². The number of rotatable bonds is 8. The van der Waals surface area contributed by atoms with E-state index in [-0.39, 0.29) is 6.42 Å². The van der Waals surface area contributed by atoms with Gasteiger partial charge >= 0.3 is 23.9 Å². The highest BCUT2D eigenvalue weighted by Gasteiger charge is 2.64. The van der Waals surface area contributed by atoms with Crippen molar-refractivity contribution in [1.29, 1.82) is 0 Å². The molecule has 3 aliphatic rings. The first-order valence-electron chi connectivity index (χ1n) is 12.6. The third kappa shape index (κ3) is 5.36. The Kier molecular flexibility index (Phi) is 7.62. The standard InChI is InChI=1S/C28H30N2O8/c1-34-22-9-7-20(8-10-22)19-24-28(37-25(31)11-12-26(32)38-28)30(27(33)36-24)23(21-5-3-2-4-6-21)13-14-29-15-17-35-18-16-29/h2-12,23-24H,13-19H2,1H3. The van der Waals surface area contributed by atoms with Crippen LogP contribution >= 0.6 is 0 Å². The number of methoxy groups -OCH3 is 1. The van der Waals surface area contributed by atoms with E-state index in [0.29, 0.717) is 31.9 Å². The van der Waals surface area contributed by atoms with Crippen LogP contribution in [0.4, 0.5) is 4.79 Å². The topological polar surface area (TPSA) is 104 Å². The average Bonchev–Trinajstić information content (AvgIpc) is 3.08. The van der Waals surface area contributed by atoms with Gasteiger partial charge in [-0.05, 0) is 29.7 Å². The van der Waals surface area contributed by atoms with Crippen LogP contribution < -0.4 is 4.74 Å². The molecule has 200 valence electrons. The molecule has 3 heterocycles. The molecule has 2 aromatic carbocycles. The summed E-state index contributed by atoms with van der Waals surface area (Å²) < 4.78 is 28.1. The van der Waals surface area contributed by atoms with E-state index in [2.05, 4.69) is 4.90 Å². The van der Waals surface area contributed by atoms with Crippen molar-refractivity contribution in [2.45, 2.75) is 30.9 Å². The largest absolute Gasteiger partial charge is 0.497 e. The van der Waals surface area contributed by atoms with Crippen LogP contribution in [0.15, 0.2) is 66.7 Å². The third-order valence-corrected chi connectivity index (χ3v) is 6.93. The van der Waals surface area contributed by atoms with Crippen LogP contribution in [0.3, 0.4) is 0 Å². The van der Waals surface area contributed by atoms with Crippen LogP contribution in [0.5, 0.6) is 5.75 Å². The van der Waals surface area contributed by atoms with Gasteiger partial charge in [-0.25, -0.2) is 19.3 Å². The van der Waals surface area contributed by atoms with Crippen LogP contribution in [0.1, 0.15) is 23.6 Å². The predicted molar refractivity (Wildman–Crippen MR) is 134 cm³/mol. The third-order valence-electron chi connectivity index (χ3n) is 6.93. The number of morpholine rings is 1. The summed E-state index contributed by atoms with van der Waals surface area (Å²) in [4.78, 5) is 42.5. The zero-order valence-corrected chi connectivity index (χ0v) is 21.1. The minimum Gasteiger partial charge on any atom is -0.497 e. The lowest BCUT2D eigenvalue weighted by Gasteiger charge is -2.40. The Labute approximate surface area is 220 Å². The molecule has 1 amide bonds. The van der Waals surface area contributed by atoms with E-state index >= 15 is 0 Å². The maximum Gasteiger partial charge on any atom is 0.417 e. The lowest BCUT2D eigenvalue weighted by atomic mass is 9.99. The van der Waals surface area contributed by atoms with Crippen molar-refractivity contribution >= 4 is 18.0 Å². The number of hydrogen-bond acceptors (Lipinski definition) is 9. The molecule has 3 aliphatic heterocycles. The molecule has 1 spiro atoms. The summed E-state index contributed by atoms with van der Waals surface area (Å²) in [5, 5.41) is 0. The van der Waals surface area contributed by atoms with E-state index in [4.69, 9.17) is 23.7 Å². The maximum absolute atomic E-state index is 13.6. The minimum atomic E-state index is -2.10. The number of benzene rings is 2. The Hall–Kier alpha value is -3.89. The fraction of sp³-hybridized carbons (Fsp3) is 0.393. The Balaban J connectivity index is 1.52. The Morgan fingerprint density at radius 3 is 2.24 bits per heavy atom. The van der Waals surface area contributed by atoms with Crippen LogP contribution in [0.25, 0.3) is 0 Å². The maximum atomic E-state index is 13.6. The van der Waals surface area contributed by atoms with Crippen molar-refractivity contribution in [2.24, 2.45) is 0 Å². The number of hydrogen-bond donors (Lipinski definition) is 0. The smallest absolute Gasteiger partial charge is 0.417 e. The SMILES string of the molecule is COc1ccc(CC2OC(=O)N(C(CCN3CCOCC3)c3ccccc3)C23OC(=O)C=CC(=O)O3)cc1. The highest BCUT2D eigenvalue weighted by Crippen LogP contribution is 2.43. The highest BCUT2D eigenvalue weighted by atomic mass is 16.8. The number of carbonyl (C=O) groups excluding carboxylic acids is 3. The molecule has 10 nitrogen and oxygen atoms in total. The van der Waals surface area contributed by atoms with Crippen LogP contribution in [0.2, 0.25) is 0 Å². The second-order valence-corrected chi connectivity index (χ2v) is 9.27. The number of nitrogens with zero attached hydrogens (tertiary/aromatic N) is 2. The van der Waals surface area contributed by atoms with Crippen LogP contribution in [0, 0.1) is 0 Å². The zero-order valence-electron chi connectivity index (χ0n) is 21.1. The second-order valence-electron chi connectivity index (χ2n) is 9.27. The first-order chi connectivity index (χ1) is 18.5. The summed E-state index contributed by atoms with van der Waals surface area (Å²) in [6.45, 7) is 3.45. The summed E-state index contributed by atoms with van der Waals surface area (Å²) in [6.07, 6.45) is 0.769. The van der Waals surface area contributed by atoms with E-state index in [9.17, 15) is 14.4 Å². The van der Waals surface area contributed by atoms with Gasteiger partial charge < -0.3 is 23.7 Å². The second kappa shape index (κ2) is 11.2. The normalized spacial score (nSPS) is 22.0. The van der Waals surface area contributed by atoms with Crippen LogP contribution in [-0.4, -0.2) is 79.8 Å². The molecular weight excluding hydrogens is 492 g/mol. The summed E-state index contributed by atoms with van der Waals surface area (Å²) in [7, 11) is 1.57. The number of ether oxygens (including phenoxy) is 5. The molecule has 10 heteroatoms. The number of amides is 1. The molecule has 38 heavy (non-hydrogen) atoms. The average molecular weight is 523 g/mol. The van der Waals surface area contributed by atoms with Crippen molar-refractivity contribution in [3.63, 3.8) is 0 Å². The fourth-order valence-corrected chi connectivity index (χ4v) is 5.02. The first kappa shape index (κ1) is 25.7. The van der Waals surface area contributed by atoms with Gasteiger partial charge in [-0.1, -0.05) is 42.5 Å². The van der Waals surface area contributed by atoms with Gasteiger partial charge in [0.15, 0.2) is 0 Å². The molecule has 0 aliphatic carbocycles. The van der Waals surface area contributed by atoms with Gasteiger partial charge in [0, 0.05) is 38.2 Å². The monoisotopic (exact) mass is 522 g/mol. The molecule has 0 aromatic heterocycles. The highest BCUT2D eigenvalue weighted by molar-refractivity contribution is 5.94. The number of carbonyl (C=O) groups is 3. The molecule has 0 N–H and O–H groups in total. The number of cyclic esters (lactones) is 1. The summed E-state index contributed by atoms with van der Waals surface area (Å²) in [5.41, 5.74) is 1.57. The van der Waals surface area contributed by atoms with Gasteiger partial charge in [-0.15, -0.1) is 0 Å². The summed E-state index contributed by atoms with van der Waals surface area (Å²) in [5.74, 6) is -3.05. The predicted octanol–water partition coefficient (Wildman–Crippen LogP) is 2.83. The minimum absolute atomic E-state index is 0.137. The molecule has 0 saturated carbocycles.